The molecule has 0 bridgehead atoms. The number of nitrogens with one attached hydrogen (secondary N) is 1. The number of sulfonamides is 1. The third-order valence-electron chi connectivity index (χ3n) is 5.97. The van der Waals surface area contributed by atoms with Gasteiger partial charge in [0.2, 0.25) is 10.0 Å². The van der Waals surface area contributed by atoms with E-state index in [1.807, 2.05) is 18.2 Å². The van der Waals surface area contributed by atoms with Crippen LogP contribution in [0.25, 0.3) is 0 Å². The van der Waals surface area contributed by atoms with Crippen LogP contribution >= 0.6 is 0 Å². The Kier molecular flexibility index (Phi) is 8.51. The number of fused-ring (bicyclic) bond motifs is 1. The molecule has 10 heteroatoms. The Morgan fingerprint density at radius 1 is 1.21 bits per heavy atom. The maximum absolute atomic E-state index is 13.2. The van der Waals surface area contributed by atoms with Crippen molar-refractivity contribution in [3.63, 3.8) is 0 Å². The monoisotopic (exact) mass is 490 g/mol. The van der Waals surface area contributed by atoms with Gasteiger partial charge < -0.3 is 14.4 Å². The van der Waals surface area contributed by atoms with Crippen molar-refractivity contribution >= 4 is 21.6 Å². The van der Waals surface area contributed by atoms with Gasteiger partial charge in [-0.05, 0) is 37.1 Å². The number of hydrogen-bond donors (Lipinski definition) is 1. The van der Waals surface area contributed by atoms with E-state index < -0.39 is 10.0 Å². The molecular weight excluding hydrogens is 456 g/mol. The summed E-state index contributed by atoms with van der Waals surface area (Å²) in [6.07, 6.45) is 2.69. The minimum absolute atomic E-state index is 0.00593. The third-order valence-corrected chi connectivity index (χ3v) is 6.58. The highest BCUT2D eigenvalue weighted by Crippen LogP contribution is 2.27. The number of ether oxygens (including phenoxy) is 2. The molecule has 0 radical (unpaired) electrons. The first-order valence-corrected chi connectivity index (χ1v) is 13.1. The van der Waals surface area contributed by atoms with E-state index in [1.165, 1.54) is 0 Å². The van der Waals surface area contributed by atoms with E-state index in [-0.39, 0.29) is 24.0 Å². The zero-order valence-corrected chi connectivity index (χ0v) is 21.2. The van der Waals surface area contributed by atoms with E-state index in [2.05, 4.69) is 28.5 Å². The van der Waals surface area contributed by atoms with Gasteiger partial charge in [-0.2, -0.15) is 0 Å². The third kappa shape index (κ3) is 6.91. The average Bonchev–Trinajstić information content (AvgIpc) is 2.79. The molecule has 0 aliphatic carbocycles. The molecule has 1 aromatic heterocycles. The van der Waals surface area contributed by atoms with E-state index in [4.69, 9.17) is 9.47 Å². The van der Waals surface area contributed by atoms with Crippen molar-refractivity contribution in [1.29, 1.82) is 0 Å². The number of pyridine rings is 1. The number of likely N-dealkylation sites (N-methyl/N-ethyl adjacent to an activating group) is 1. The molecule has 9 nitrogen and oxygen atoms in total. The molecular formula is C24H34N4O5S. The lowest BCUT2D eigenvalue weighted by Gasteiger charge is -2.35. The summed E-state index contributed by atoms with van der Waals surface area (Å²) in [6, 6.07) is 10.6. The molecule has 34 heavy (non-hydrogen) atoms. The summed E-state index contributed by atoms with van der Waals surface area (Å²) in [5, 5.41) is 0. The van der Waals surface area contributed by atoms with Gasteiger partial charge in [-0.3, -0.25) is 19.4 Å². The van der Waals surface area contributed by atoms with Crippen LogP contribution in [0.15, 0.2) is 42.6 Å². The number of carbonyl (C=O) groups is 1. The van der Waals surface area contributed by atoms with Gasteiger partial charge in [0, 0.05) is 52.1 Å². The molecule has 0 fully saturated rings. The molecule has 0 spiro atoms. The standard InChI is InChI=1S/C24H34N4O5S/c1-17-13-28(14-20-8-6-7-11-25-20)18(2)16-33-22-12-19(26-34(5,30)31)9-10-21(22)24(29)27(3)15-23(17)32-4/h6-12,17-18,23,26H,13-16H2,1-5H3/t17-,18+,23+/m0/s1. The molecule has 1 aliphatic rings. The van der Waals surface area contributed by atoms with Crippen molar-refractivity contribution in [1.82, 2.24) is 14.8 Å². The van der Waals surface area contributed by atoms with Crippen molar-refractivity contribution in [3.8, 4) is 5.75 Å². The fraction of sp³-hybridized carbons (Fsp3) is 0.500. The number of nitrogens with zero attached hydrogens (tertiary/aromatic N) is 3. The SMILES string of the molecule is CO[C@@H]1CN(C)C(=O)c2ccc(NS(C)(=O)=O)cc2OC[C@@H](C)N(Cc2ccccn2)C[C@@H]1C. The summed E-state index contributed by atoms with van der Waals surface area (Å²) in [4.78, 5) is 21.6. The van der Waals surface area contributed by atoms with Crippen LogP contribution in [-0.4, -0.2) is 81.4 Å². The molecule has 2 aromatic rings. The number of rotatable bonds is 5. The highest BCUT2D eigenvalue weighted by Gasteiger charge is 2.28. The van der Waals surface area contributed by atoms with Crippen LogP contribution in [0.5, 0.6) is 5.75 Å². The van der Waals surface area contributed by atoms with Gasteiger partial charge in [-0.25, -0.2) is 8.42 Å². The van der Waals surface area contributed by atoms with E-state index in [9.17, 15) is 13.2 Å². The predicted molar refractivity (Wildman–Crippen MR) is 131 cm³/mol. The van der Waals surface area contributed by atoms with Gasteiger partial charge in [-0.15, -0.1) is 0 Å². The summed E-state index contributed by atoms with van der Waals surface area (Å²) in [5.74, 6) is 0.262. The first-order valence-electron chi connectivity index (χ1n) is 11.2. The van der Waals surface area contributed by atoms with Gasteiger partial charge >= 0.3 is 0 Å². The lowest BCUT2D eigenvalue weighted by molar-refractivity contribution is 0.00901. The molecule has 1 aliphatic heterocycles. The number of anilines is 1. The number of hydrogen-bond acceptors (Lipinski definition) is 7. The topological polar surface area (TPSA) is 101 Å². The second-order valence-electron chi connectivity index (χ2n) is 8.93. The van der Waals surface area contributed by atoms with Gasteiger partial charge in [0.05, 0.1) is 29.3 Å². The van der Waals surface area contributed by atoms with Gasteiger partial charge in [0.1, 0.15) is 12.4 Å². The predicted octanol–water partition coefficient (Wildman–Crippen LogP) is 2.46. The molecule has 1 N–H and O–H groups in total. The second kappa shape index (κ2) is 11.2. The molecule has 186 valence electrons. The fourth-order valence-corrected chi connectivity index (χ4v) is 4.60. The minimum atomic E-state index is -3.47. The Bertz CT molecular complexity index is 1080. The van der Waals surface area contributed by atoms with Crippen LogP contribution in [-0.2, 0) is 21.3 Å². The lowest BCUT2D eigenvalue weighted by atomic mass is 10.0. The number of methoxy groups -OCH3 is 1. The molecule has 2 heterocycles. The first-order chi connectivity index (χ1) is 16.1. The van der Waals surface area contributed by atoms with Crippen LogP contribution < -0.4 is 9.46 Å². The Morgan fingerprint density at radius 3 is 2.62 bits per heavy atom. The Balaban J connectivity index is 1.96. The molecule has 3 atom stereocenters. The Morgan fingerprint density at radius 2 is 1.97 bits per heavy atom. The molecule has 1 amide bonds. The number of carbonyl (C=O) groups excluding carboxylic acids is 1. The van der Waals surface area contributed by atoms with Crippen LogP contribution in [0.2, 0.25) is 0 Å². The highest BCUT2D eigenvalue weighted by atomic mass is 32.2. The smallest absolute Gasteiger partial charge is 0.257 e. The van der Waals surface area contributed by atoms with Crippen molar-refractivity contribution in [2.75, 3.05) is 44.8 Å². The summed E-state index contributed by atoms with van der Waals surface area (Å²) in [6.45, 7) is 6.27. The maximum atomic E-state index is 13.2. The zero-order chi connectivity index (χ0) is 24.9. The number of amides is 1. The summed E-state index contributed by atoms with van der Waals surface area (Å²) in [7, 11) is -0.0771. The first kappa shape index (κ1) is 25.9. The number of benzene rings is 1. The van der Waals surface area contributed by atoms with Gasteiger partial charge in [0.15, 0.2) is 0 Å². The largest absolute Gasteiger partial charge is 0.491 e. The lowest BCUT2D eigenvalue weighted by Crippen LogP contribution is -2.46. The molecule has 0 saturated carbocycles. The second-order valence-corrected chi connectivity index (χ2v) is 10.7. The van der Waals surface area contributed by atoms with Crippen molar-refractivity contribution < 1.29 is 22.7 Å². The highest BCUT2D eigenvalue weighted by molar-refractivity contribution is 7.92. The van der Waals surface area contributed by atoms with Crippen LogP contribution in [0.3, 0.4) is 0 Å². The Labute approximate surface area is 202 Å². The van der Waals surface area contributed by atoms with E-state index in [0.717, 1.165) is 18.5 Å². The summed E-state index contributed by atoms with van der Waals surface area (Å²) >= 11 is 0. The Hall–Kier alpha value is -2.69. The van der Waals surface area contributed by atoms with Gasteiger partial charge in [0.25, 0.3) is 5.91 Å². The van der Waals surface area contributed by atoms with Crippen LogP contribution in [0, 0.1) is 5.92 Å². The molecule has 3 rings (SSSR count). The number of aromatic nitrogens is 1. The van der Waals surface area contributed by atoms with Crippen molar-refractivity contribution in [2.45, 2.75) is 32.5 Å². The van der Waals surface area contributed by atoms with E-state index in [1.54, 1.807) is 43.5 Å². The van der Waals surface area contributed by atoms with Crippen molar-refractivity contribution in [2.24, 2.45) is 5.92 Å². The zero-order valence-electron chi connectivity index (χ0n) is 20.4. The van der Waals surface area contributed by atoms with Gasteiger partial charge in [-0.1, -0.05) is 13.0 Å². The normalized spacial score (nSPS) is 22.8. The quantitative estimate of drug-likeness (QED) is 0.687. The minimum Gasteiger partial charge on any atom is -0.491 e. The van der Waals surface area contributed by atoms with Crippen molar-refractivity contribution in [3.05, 3.63) is 53.9 Å². The molecule has 0 unspecified atom stereocenters. The fourth-order valence-electron chi connectivity index (χ4n) is 4.04. The molecule has 0 saturated heterocycles. The van der Waals surface area contributed by atoms with E-state index in [0.29, 0.717) is 36.7 Å². The van der Waals surface area contributed by atoms with Crippen LogP contribution in [0.1, 0.15) is 29.9 Å². The molecule has 1 aromatic carbocycles. The summed E-state index contributed by atoms with van der Waals surface area (Å²) < 4.78 is 37.8. The average molecular weight is 491 g/mol. The maximum Gasteiger partial charge on any atom is 0.257 e. The van der Waals surface area contributed by atoms with Crippen LogP contribution in [0.4, 0.5) is 5.69 Å². The summed E-state index contributed by atoms with van der Waals surface area (Å²) in [5.41, 5.74) is 1.66. The van der Waals surface area contributed by atoms with E-state index >= 15 is 0 Å².